The number of ether oxygens (including phenoxy) is 1. The molecule has 0 aromatic heterocycles. The highest BCUT2D eigenvalue weighted by Gasteiger charge is 2.32. The predicted molar refractivity (Wildman–Crippen MR) is 92.9 cm³/mol. The summed E-state index contributed by atoms with van der Waals surface area (Å²) in [4.78, 5) is 25.6. The number of nitrogens with one attached hydrogen (secondary N) is 1. The summed E-state index contributed by atoms with van der Waals surface area (Å²) < 4.78 is 5.28. The number of carbonyl (C=O) groups is 2. The molecule has 24 heavy (non-hydrogen) atoms. The number of rotatable bonds is 4. The van der Waals surface area contributed by atoms with Gasteiger partial charge in [-0.1, -0.05) is 41.4 Å². The average Bonchev–Trinajstić information content (AvgIpc) is 2.94. The molecule has 7 heteroatoms. The number of halogens is 2. The van der Waals surface area contributed by atoms with Gasteiger partial charge < -0.3 is 10.1 Å². The first-order valence-electron chi connectivity index (χ1n) is 7.31. The second kappa shape index (κ2) is 7.11. The van der Waals surface area contributed by atoms with Crippen molar-refractivity contribution in [1.82, 2.24) is 5.32 Å². The topological polar surface area (TPSA) is 58.6 Å². The van der Waals surface area contributed by atoms with Gasteiger partial charge in [0, 0.05) is 10.7 Å². The SMILES string of the molecule is O=C(NCC1CN(c2cccc(Cl)c2)C(=O)O1)c1ccccc1Cl. The molecule has 1 heterocycles. The summed E-state index contributed by atoms with van der Waals surface area (Å²) in [6.45, 7) is 0.537. The van der Waals surface area contributed by atoms with E-state index in [4.69, 9.17) is 27.9 Å². The van der Waals surface area contributed by atoms with Crippen molar-refractivity contribution in [2.45, 2.75) is 6.10 Å². The van der Waals surface area contributed by atoms with Crippen LogP contribution in [0, 0.1) is 0 Å². The Morgan fingerprint density at radius 2 is 2.00 bits per heavy atom. The van der Waals surface area contributed by atoms with E-state index in [0.29, 0.717) is 27.8 Å². The molecule has 2 amide bonds. The third-order valence-electron chi connectivity index (χ3n) is 3.60. The molecule has 1 N–H and O–H groups in total. The monoisotopic (exact) mass is 364 g/mol. The Balaban J connectivity index is 1.61. The highest BCUT2D eigenvalue weighted by molar-refractivity contribution is 6.33. The number of anilines is 1. The van der Waals surface area contributed by atoms with Gasteiger partial charge in [0.15, 0.2) is 0 Å². The normalized spacial score (nSPS) is 16.8. The highest BCUT2D eigenvalue weighted by Crippen LogP contribution is 2.24. The third kappa shape index (κ3) is 3.63. The fraction of sp³-hybridized carbons (Fsp3) is 0.176. The molecule has 1 aliphatic heterocycles. The van der Waals surface area contributed by atoms with Crippen LogP contribution in [-0.2, 0) is 4.74 Å². The van der Waals surface area contributed by atoms with Crippen LogP contribution >= 0.6 is 23.2 Å². The fourth-order valence-electron chi connectivity index (χ4n) is 2.43. The largest absolute Gasteiger partial charge is 0.442 e. The lowest BCUT2D eigenvalue weighted by atomic mass is 10.2. The summed E-state index contributed by atoms with van der Waals surface area (Å²) >= 11 is 11.9. The van der Waals surface area contributed by atoms with Crippen molar-refractivity contribution in [3.63, 3.8) is 0 Å². The Hall–Kier alpha value is -2.24. The maximum Gasteiger partial charge on any atom is 0.414 e. The number of hydrogen-bond donors (Lipinski definition) is 1. The van der Waals surface area contributed by atoms with Gasteiger partial charge in [-0.05, 0) is 30.3 Å². The maximum absolute atomic E-state index is 12.1. The van der Waals surface area contributed by atoms with Gasteiger partial charge in [0.1, 0.15) is 6.10 Å². The van der Waals surface area contributed by atoms with E-state index >= 15 is 0 Å². The predicted octanol–water partition coefficient (Wildman–Crippen LogP) is 3.75. The molecule has 0 saturated carbocycles. The van der Waals surface area contributed by atoms with E-state index in [1.807, 2.05) is 0 Å². The molecule has 0 bridgehead atoms. The van der Waals surface area contributed by atoms with Gasteiger partial charge in [-0.25, -0.2) is 4.79 Å². The second-order valence-corrected chi connectivity index (χ2v) is 6.13. The van der Waals surface area contributed by atoms with Crippen LogP contribution in [-0.4, -0.2) is 31.2 Å². The molecule has 0 radical (unpaired) electrons. The molecular formula is C17H14Cl2N2O3. The van der Waals surface area contributed by atoms with Crippen molar-refractivity contribution in [1.29, 1.82) is 0 Å². The zero-order valence-corrected chi connectivity index (χ0v) is 14.1. The summed E-state index contributed by atoms with van der Waals surface area (Å²) in [6.07, 6.45) is -0.905. The van der Waals surface area contributed by atoms with E-state index in [2.05, 4.69) is 5.32 Å². The van der Waals surface area contributed by atoms with Gasteiger partial charge in [-0.2, -0.15) is 0 Å². The van der Waals surface area contributed by atoms with Crippen LogP contribution in [0.1, 0.15) is 10.4 Å². The van der Waals surface area contributed by atoms with Crippen LogP contribution < -0.4 is 10.2 Å². The van der Waals surface area contributed by atoms with Crippen LogP contribution in [0.4, 0.5) is 10.5 Å². The van der Waals surface area contributed by atoms with Gasteiger partial charge in [0.2, 0.25) is 0 Å². The lowest BCUT2D eigenvalue weighted by Gasteiger charge is -2.13. The molecule has 124 valence electrons. The van der Waals surface area contributed by atoms with E-state index in [0.717, 1.165) is 0 Å². The van der Waals surface area contributed by atoms with Crippen LogP contribution in [0.15, 0.2) is 48.5 Å². The minimum Gasteiger partial charge on any atom is -0.442 e. The molecule has 1 saturated heterocycles. The molecule has 2 aromatic rings. The molecule has 3 rings (SSSR count). The second-order valence-electron chi connectivity index (χ2n) is 5.29. The molecule has 0 spiro atoms. The van der Waals surface area contributed by atoms with Crippen molar-refractivity contribution >= 4 is 40.9 Å². The minimum atomic E-state index is -0.464. The molecule has 1 atom stereocenters. The van der Waals surface area contributed by atoms with Crippen molar-refractivity contribution in [2.75, 3.05) is 18.0 Å². The number of nitrogens with zero attached hydrogens (tertiary/aromatic N) is 1. The van der Waals surface area contributed by atoms with Crippen LogP contribution in [0.5, 0.6) is 0 Å². The number of carbonyl (C=O) groups excluding carboxylic acids is 2. The zero-order chi connectivity index (χ0) is 17.1. The lowest BCUT2D eigenvalue weighted by Crippen LogP contribution is -2.34. The Morgan fingerprint density at radius 1 is 1.21 bits per heavy atom. The molecule has 0 aliphatic carbocycles. The van der Waals surface area contributed by atoms with Crippen molar-refractivity contribution in [3.05, 3.63) is 64.1 Å². The van der Waals surface area contributed by atoms with Crippen LogP contribution in [0.3, 0.4) is 0 Å². The van der Waals surface area contributed by atoms with Crippen molar-refractivity contribution in [2.24, 2.45) is 0 Å². The van der Waals surface area contributed by atoms with Crippen LogP contribution in [0.25, 0.3) is 0 Å². The maximum atomic E-state index is 12.1. The zero-order valence-electron chi connectivity index (χ0n) is 12.5. The summed E-state index contributed by atoms with van der Waals surface area (Å²) in [5.41, 5.74) is 1.04. The Kier molecular flexibility index (Phi) is 4.92. The van der Waals surface area contributed by atoms with Crippen molar-refractivity contribution in [3.8, 4) is 0 Å². The highest BCUT2D eigenvalue weighted by atomic mass is 35.5. The first-order chi connectivity index (χ1) is 11.5. The van der Waals surface area contributed by atoms with Crippen LogP contribution in [0.2, 0.25) is 10.0 Å². The quantitative estimate of drug-likeness (QED) is 0.898. The smallest absolute Gasteiger partial charge is 0.414 e. The minimum absolute atomic E-state index is 0.201. The summed E-state index contributed by atoms with van der Waals surface area (Å²) in [7, 11) is 0. The van der Waals surface area contributed by atoms with Crippen molar-refractivity contribution < 1.29 is 14.3 Å². The van der Waals surface area contributed by atoms with E-state index in [1.54, 1.807) is 48.5 Å². The Labute approximate surface area is 149 Å². The van der Waals surface area contributed by atoms with Gasteiger partial charge in [0.05, 0.1) is 23.7 Å². The average molecular weight is 365 g/mol. The summed E-state index contributed by atoms with van der Waals surface area (Å²) in [5.74, 6) is -0.308. The molecule has 1 fully saturated rings. The Morgan fingerprint density at radius 3 is 2.75 bits per heavy atom. The summed E-state index contributed by atoms with van der Waals surface area (Å²) in [5, 5.41) is 3.64. The Bertz CT molecular complexity index is 782. The number of amides is 2. The molecule has 5 nitrogen and oxygen atoms in total. The molecule has 1 unspecified atom stereocenters. The fourth-order valence-corrected chi connectivity index (χ4v) is 2.84. The van der Waals surface area contributed by atoms with Gasteiger partial charge in [0.25, 0.3) is 5.91 Å². The number of cyclic esters (lactones) is 1. The third-order valence-corrected chi connectivity index (χ3v) is 4.17. The summed E-state index contributed by atoms with van der Waals surface area (Å²) in [6, 6.07) is 13.7. The van der Waals surface area contributed by atoms with E-state index < -0.39 is 12.2 Å². The number of benzene rings is 2. The first-order valence-corrected chi connectivity index (χ1v) is 8.06. The lowest BCUT2D eigenvalue weighted by molar-refractivity contribution is 0.0916. The van der Waals surface area contributed by atoms with Gasteiger partial charge >= 0.3 is 6.09 Å². The molecular weight excluding hydrogens is 351 g/mol. The molecule has 1 aliphatic rings. The first kappa shape index (κ1) is 16.6. The van der Waals surface area contributed by atoms with Gasteiger partial charge in [-0.15, -0.1) is 0 Å². The number of hydrogen-bond acceptors (Lipinski definition) is 3. The van der Waals surface area contributed by atoms with E-state index in [9.17, 15) is 9.59 Å². The van der Waals surface area contributed by atoms with Gasteiger partial charge in [-0.3, -0.25) is 9.69 Å². The molecule has 2 aromatic carbocycles. The van der Waals surface area contributed by atoms with E-state index in [-0.39, 0.29) is 12.5 Å². The van der Waals surface area contributed by atoms with E-state index in [1.165, 1.54) is 4.90 Å². The standard InChI is InChI=1S/C17H14Cl2N2O3/c18-11-4-3-5-12(8-11)21-10-13(24-17(21)23)9-20-16(22)14-6-1-2-7-15(14)19/h1-8,13H,9-10H2,(H,20,22).